The van der Waals surface area contributed by atoms with Crippen LogP contribution < -0.4 is 10.0 Å². The number of rotatable bonds is 6. The van der Waals surface area contributed by atoms with E-state index in [2.05, 4.69) is 34.9 Å². The van der Waals surface area contributed by atoms with Crippen LogP contribution in [-0.4, -0.2) is 13.4 Å². The molecule has 3 rings (SSSR count). The fraction of sp³-hybridized carbons (Fsp3) is 0.143. The third kappa shape index (κ3) is 4.67. The summed E-state index contributed by atoms with van der Waals surface area (Å²) < 4.78 is 27.6. The van der Waals surface area contributed by atoms with Crippen molar-refractivity contribution >= 4 is 27.2 Å². The second-order valence-electron chi connectivity index (χ2n) is 6.58. The summed E-state index contributed by atoms with van der Waals surface area (Å²) in [6.07, 6.45) is 1.45. The Bertz CT molecular complexity index is 1080. The lowest BCUT2D eigenvalue weighted by Crippen LogP contribution is -2.13. The zero-order chi connectivity index (χ0) is 20.1. The van der Waals surface area contributed by atoms with Crippen LogP contribution >= 0.6 is 0 Å². The molecule has 0 aliphatic carbocycles. The van der Waals surface area contributed by atoms with Crippen molar-refractivity contribution in [3.8, 4) is 6.07 Å². The number of hydrogen-bond acceptors (Lipinski definition) is 5. The molecule has 1 heterocycles. The van der Waals surface area contributed by atoms with E-state index in [4.69, 9.17) is 5.26 Å². The highest BCUT2D eigenvalue weighted by atomic mass is 32.2. The topological polar surface area (TPSA) is 94.9 Å². The Labute approximate surface area is 164 Å². The molecule has 0 fully saturated rings. The normalized spacial score (nSPS) is 11.1. The van der Waals surface area contributed by atoms with E-state index in [9.17, 15) is 8.42 Å². The molecule has 142 valence electrons. The lowest BCUT2D eigenvalue weighted by Gasteiger charge is -2.11. The molecular formula is C21H20N4O2S. The van der Waals surface area contributed by atoms with Crippen LogP contribution in [0, 0.1) is 11.3 Å². The van der Waals surface area contributed by atoms with E-state index in [-0.39, 0.29) is 4.90 Å². The largest absolute Gasteiger partial charge is 0.340 e. The van der Waals surface area contributed by atoms with Crippen molar-refractivity contribution in [2.75, 3.05) is 10.0 Å². The fourth-order valence-corrected chi connectivity index (χ4v) is 3.59. The molecule has 2 aromatic carbocycles. The number of benzene rings is 2. The molecule has 0 aliphatic heterocycles. The molecule has 0 radical (unpaired) electrons. The third-order valence-corrected chi connectivity index (χ3v) is 5.56. The van der Waals surface area contributed by atoms with Gasteiger partial charge in [0.1, 0.15) is 5.82 Å². The highest BCUT2D eigenvalue weighted by Gasteiger charge is 2.14. The minimum atomic E-state index is -3.68. The number of sulfonamides is 1. The Balaban J connectivity index is 1.69. The maximum Gasteiger partial charge on any atom is 0.261 e. The zero-order valence-corrected chi connectivity index (χ0v) is 16.4. The molecular weight excluding hydrogens is 372 g/mol. The molecule has 0 atom stereocenters. The predicted octanol–water partition coefficient (Wildman–Crippen LogP) is 4.62. The summed E-state index contributed by atoms with van der Waals surface area (Å²) in [5.74, 6) is 0.902. The first kappa shape index (κ1) is 19.4. The van der Waals surface area contributed by atoms with Crippen LogP contribution in [-0.2, 0) is 10.0 Å². The van der Waals surface area contributed by atoms with Gasteiger partial charge in [-0.15, -0.1) is 0 Å². The molecule has 0 saturated heterocycles. The summed E-state index contributed by atoms with van der Waals surface area (Å²) in [6.45, 7) is 4.11. The number of pyridine rings is 1. The Hall–Kier alpha value is -3.37. The van der Waals surface area contributed by atoms with Gasteiger partial charge in [0.15, 0.2) is 0 Å². The van der Waals surface area contributed by atoms with Gasteiger partial charge in [0.05, 0.1) is 28.4 Å². The number of hydrogen-bond donors (Lipinski definition) is 2. The highest BCUT2D eigenvalue weighted by Crippen LogP contribution is 2.21. The summed E-state index contributed by atoms with van der Waals surface area (Å²) in [5, 5.41) is 11.9. The average molecular weight is 392 g/mol. The fourth-order valence-electron chi connectivity index (χ4n) is 2.55. The van der Waals surface area contributed by atoms with Gasteiger partial charge in [0.2, 0.25) is 0 Å². The highest BCUT2D eigenvalue weighted by molar-refractivity contribution is 7.92. The molecule has 2 N–H and O–H groups in total. The van der Waals surface area contributed by atoms with E-state index in [0.717, 1.165) is 11.3 Å². The Morgan fingerprint density at radius 1 is 0.929 bits per heavy atom. The first-order chi connectivity index (χ1) is 13.4. The van der Waals surface area contributed by atoms with Gasteiger partial charge >= 0.3 is 0 Å². The van der Waals surface area contributed by atoms with Crippen LogP contribution in [0.25, 0.3) is 0 Å². The maximum atomic E-state index is 12.5. The van der Waals surface area contributed by atoms with E-state index in [1.807, 2.05) is 12.1 Å². The first-order valence-electron chi connectivity index (χ1n) is 8.73. The molecule has 1 aromatic heterocycles. The molecule has 0 unspecified atom stereocenters. The SMILES string of the molecule is CC(C)c1ccc(S(=O)(=O)Nc2ccc(Nc3ccc(C#N)cc3)nc2)cc1. The lowest BCUT2D eigenvalue weighted by atomic mass is 10.0. The van der Waals surface area contributed by atoms with Gasteiger partial charge in [-0.05, 0) is 60.0 Å². The summed E-state index contributed by atoms with van der Waals surface area (Å²) in [6, 6.07) is 19.2. The average Bonchev–Trinajstić information content (AvgIpc) is 2.70. The van der Waals surface area contributed by atoms with Crippen LogP contribution in [0.2, 0.25) is 0 Å². The number of nitrogens with one attached hydrogen (secondary N) is 2. The number of anilines is 3. The predicted molar refractivity (Wildman–Crippen MR) is 110 cm³/mol. The van der Waals surface area contributed by atoms with Crippen LogP contribution in [0.1, 0.15) is 30.9 Å². The van der Waals surface area contributed by atoms with Crippen LogP contribution in [0.3, 0.4) is 0 Å². The van der Waals surface area contributed by atoms with Gasteiger partial charge in [-0.1, -0.05) is 26.0 Å². The minimum absolute atomic E-state index is 0.205. The lowest BCUT2D eigenvalue weighted by molar-refractivity contribution is 0.601. The summed E-state index contributed by atoms with van der Waals surface area (Å²) in [5.41, 5.74) is 2.81. The Morgan fingerprint density at radius 3 is 2.11 bits per heavy atom. The van der Waals surface area contributed by atoms with Crippen molar-refractivity contribution in [1.29, 1.82) is 5.26 Å². The molecule has 0 bridgehead atoms. The second kappa shape index (κ2) is 8.11. The Kier molecular flexibility index (Phi) is 5.62. The summed E-state index contributed by atoms with van der Waals surface area (Å²) >= 11 is 0. The molecule has 0 aliphatic rings. The quantitative estimate of drug-likeness (QED) is 0.638. The smallest absolute Gasteiger partial charge is 0.261 e. The number of nitrogens with zero attached hydrogens (tertiary/aromatic N) is 2. The standard InChI is InChI=1S/C21H20N4O2S/c1-15(2)17-5-10-20(11-6-17)28(26,27)25-19-9-12-21(23-14-19)24-18-7-3-16(13-22)4-8-18/h3-12,14-15,25H,1-2H3,(H,23,24). The van der Waals surface area contributed by atoms with Crippen molar-refractivity contribution < 1.29 is 8.42 Å². The van der Waals surface area contributed by atoms with Crippen LogP contribution in [0.5, 0.6) is 0 Å². The molecule has 0 saturated carbocycles. The zero-order valence-electron chi connectivity index (χ0n) is 15.5. The molecule has 28 heavy (non-hydrogen) atoms. The van der Waals surface area contributed by atoms with E-state index in [0.29, 0.717) is 23.0 Å². The van der Waals surface area contributed by atoms with E-state index < -0.39 is 10.0 Å². The van der Waals surface area contributed by atoms with Crippen molar-refractivity contribution in [3.63, 3.8) is 0 Å². The van der Waals surface area contributed by atoms with Gasteiger partial charge in [0.25, 0.3) is 10.0 Å². The summed E-state index contributed by atoms with van der Waals surface area (Å²) in [7, 11) is -3.68. The molecule has 7 heteroatoms. The third-order valence-electron chi connectivity index (χ3n) is 4.16. The molecule has 3 aromatic rings. The van der Waals surface area contributed by atoms with Crippen LogP contribution in [0.4, 0.5) is 17.2 Å². The van der Waals surface area contributed by atoms with Gasteiger partial charge in [-0.2, -0.15) is 5.26 Å². The van der Waals surface area contributed by atoms with Gasteiger partial charge < -0.3 is 5.32 Å². The molecule has 6 nitrogen and oxygen atoms in total. The van der Waals surface area contributed by atoms with Crippen molar-refractivity contribution in [2.45, 2.75) is 24.7 Å². The van der Waals surface area contributed by atoms with Crippen molar-refractivity contribution in [3.05, 3.63) is 78.0 Å². The van der Waals surface area contributed by atoms with E-state index in [1.54, 1.807) is 48.5 Å². The summed E-state index contributed by atoms with van der Waals surface area (Å²) in [4.78, 5) is 4.43. The first-order valence-corrected chi connectivity index (χ1v) is 10.2. The van der Waals surface area contributed by atoms with E-state index >= 15 is 0 Å². The minimum Gasteiger partial charge on any atom is -0.340 e. The van der Waals surface area contributed by atoms with Gasteiger partial charge in [-0.25, -0.2) is 13.4 Å². The van der Waals surface area contributed by atoms with Crippen molar-refractivity contribution in [2.24, 2.45) is 0 Å². The Morgan fingerprint density at radius 2 is 1.57 bits per heavy atom. The monoisotopic (exact) mass is 392 g/mol. The van der Waals surface area contributed by atoms with E-state index in [1.165, 1.54) is 6.20 Å². The number of nitriles is 1. The molecule has 0 spiro atoms. The van der Waals surface area contributed by atoms with Gasteiger partial charge in [-0.3, -0.25) is 4.72 Å². The maximum absolute atomic E-state index is 12.5. The van der Waals surface area contributed by atoms with Crippen molar-refractivity contribution in [1.82, 2.24) is 4.98 Å². The molecule has 0 amide bonds. The number of aromatic nitrogens is 1. The van der Waals surface area contributed by atoms with Crippen LogP contribution in [0.15, 0.2) is 71.8 Å². The van der Waals surface area contributed by atoms with Gasteiger partial charge in [0, 0.05) is 5.69 Å². The second-order valence-corrected chi connectivity index (χ2v) is 8.26.